The number of alkyl halides is 3. The lowest BCUT2D eigenvalue weighted by atomic mass is 10.0. The zero-order valence-corrected chi connectivity index (χ0v) is 16.6. The van der Waals surface area contributed by atoms with Crippen LogP contribution in [0.25, 0.3) is 11.4 Å². The van der Waals surface area contributed by atoms with Crippen LogP contribution < -0.4 is 5.32 Å². The van der Waals surface area contributed by atoms with Gasteiger partial charge >= 0.3 is 11.9 Å². The molecule has 0 aliphatic rings. The predicted molar refractivity (Wildman–Crippen MR) is 104 cm³/mol. The number of aryl methyl sites for hydroxylation is 2. The monoisotopic (exact) mass is 440 g/mol. The molecule has 30 heavy (non-hydrogen) atoms. The fourth-order valence-corrected chi connectivity index (χ4v) is 3.08. The number of anilines is 1. The lowest BCUT2D eigenvalue weighted by molar-refractivity contribution is -0.384. The van der Waals surface area contributed by atoms with Gasteiger partial charge in [-0.15, -0.1) is 0 Å². The van der Waals surface area contributed by atoms with E-state index in [-0.39, 0.29) is 34.9 Å². The summed E-state index contributed by atoms with van der Waals surface area (Å²) in [5.74, 6) is 0.105. The standard InChI is InChI=1S/C18H16ClF3N6O2/c1-3-11-6-10(7-23-16-13(28(29)30)8-24-17(19)27-16)4-5-12(11)15-25-9(2)14(26-15)18(20,21)22/h4-6,8H,3,7H2,1-2H3,(H,25,26)(H,23,24,27). The van der Waals surface area contributed by atoms with Gasteiger partial charge in [-0.1, -0.05) is 25.1 Å². The van der Waals surface area contributed by atoms with Crippen molar-refractivity contribution in [1.29, 1.82) is 0 Å². The number of aromatic amines is 1. The van der Waals surface area contributed by atoms with Gasteiger partial charge in [0.2, 0.25) is 11.1 Å². The fraction of sp³-hybridized carbons (Fsp3) is 0.278. The molecule has 12 heteroatoms. The van der Waals surface area contributed by atoms with Crippen molar-refractivity contribution in [2.75, 3.05) is 5.32 Å². The molecule has 3 aromatic rings. The van der Waals surface area contributed by atoms with Gasteiger partial charge in [-0.05, 0) is 36.1 Å². The molecule has 0 bridgehead atoms. The van der Waals surface area contributed by atoms with Gasteiger partial charge in [-0.2, -0.15) is 18.2 Å². The summed E-state index contributed by atoms with van der Waals surface area (Å²) in [4.78, 5) is 24.3. The summed E-state index contributed by atoms with van der Waals surface area (Å²) in [6.07, 6.45) is -2.98. The minimum absolute atomic E-state index is 0.0291. The van der Waals surface area contributed by atoms with E-state index in [9.17, 15) is 23.3 Å². The van der Waals surface area contributed by atoms with Crippen LogP contribution in [0, 0.1) is 17.0 Å². The van der Waals surface area contributed by atoms with Gasteiger partial charge in [0.15, 0.2) is 5.69 Å². The first-order chi connectivity index (χ1) is 14.1. The van der Waals surface area contributed by atoms with Crippen molar-refractivity contribution in [2.45, 2.75) is 33.0 Å². The summed E-state index contributed by atoms with van der Waals surface area (Å²) in [5.41, 5.74) is 0.746. The summed E-state index contributed by atoms with van der Waals surface area (Å²) < 4.78 is 39.1. The van der Waals surface area contributed by atoms with E-state index in [1.54, 1.807) is 18.2 Å². The quantitative estimate of drug-likeness (QED) is 0.319. The minimum Gasteiger partial charge on any atom is -0.360 e. The third-order valence-corrected chi connectivity index (χ3v) is 4.54. The molecule has 0 aliphatic carbocycles. The number of aromatic nitrogens is 4. The van der Waals surface area contributed by atoms with Gasteiger partial charge in [-0.3, -0.25) is 10.1 Å². The highest BCUT2D eigenvalue weighted by molar-refractivity contribution is 6.28. The van der Waals surface area contributed by atoms with Gasteiger partial charge in [0.25, 0.3) is 0 Å². The molecular formula is C18H16ClF3N6O2. The first-order valence-corrected chi connectivity index (χ1v) is 9.14. The molecule has 0 atom stereocenters. The van der Waals surface area contributed by atoms with Gasteiger partial charge in [-0.25, -0.2) is 9.97 Å². The summed E-state index contributed by atoms with van der Waals surface area (Å²) >= 11 is 5.71. The lowest BCUT2D eigenvalue weighted by Crippen LogP contribution is -2.07. The summed E-state index contributed by atoms with van der Waals surface area (Å²) in [6.45, 7) is 3.38. The number of benzene rings is 1. The molecule has 0 aliphatic heterocycles. The van der Waals surface area contributed by atoms with Crippen LogP contribution in [0.3, 0.4) is 0 Å². The topological polar surface area (TPSA) is 110 Å². The van der Waals surface area contributed by atoms with Crippen molar-refractivity contribution in [1.82, 2.24) is 19.9 Å². The molecule has 0 fully saturated rings. The molecule has 2 N–H and O–H groups in total. The Kier molecular flexibility index (Phi) is 5.92. The first-order valence-electron chi connectivity index (χ1n) is 8.77. The number of nitrogens with zero attached hydrogens (tertiary/aromatic N) is 4. The van der Waals surface area contributed by atoms with Crippen molar-refractivity contribution in [3.8, 4) is 11.4 Å². The minimum atomic E-state index is -4.54. The van der Waals surface area contributed by atoms with Gasteiger partial charge < -0.3 is 10.3 Å². The number of imidazole rings is 1. The zero-order valence-electron chi connectivity index (χ0n) is 15.8. The van der Waals surface area contributed by atoms with Crippen molar-refractivity contribution >= 4 is 23.1 Å². The SMILES string of the molecule is CCc1cc(CNc2nc(Cl)ncc2[N+](=O)[O-])ccc1-c1nc(C(F)(F)F)c(C)[nH]1. The highest BCUT2D eigenvalue weighted by atomic mass is 35.5. The van der Waals surface area contributed by atoms with Crippen LogP contribution in [0.4, 0.5) is 24.7 Å². The Morgan fingerprint density at radius 1 is 1.30 bits per heavy atom. The maximum Gasteiger partial charge on any atom is 0.435 e. The van der Waals surface area contributed by atoms with Crippen LogP contribution in [-0.4, -0.2) is 24.9 Å². The molecule has 158 valence electrons. The maximum atomic E-state index is 13.0. The highest BCUT2D eigenvalue weighted by Crippen LogP contribution is 2.33. The molecule has 0 saturated heterocycles. The summed E-state index contributed by atoms with van der Waals surface area (Å²) in [5, 5.41) is 13.8. The first kappa shape index (κ1) is 21.5. The van der Waals surface area contributed by atoms with Crippen LogP contribution in [-0.2, 0) is 19.1 Å². The van der Waals surface area contributed by atoms with E-state index in [1.807, 2.05) is 6.92 Å². The molecule has 0 saturated carbocycles. The number of nitro groups is 1. The summed E-state index contributed by atoms with van der Waals surface area (Å²) in [6, 6.07) is 5.15. The van der Waals surface area contributed by atoms with Crippen LogP contribution in [0.15, 0.2) is 24.4 Å². The molecule has 3 rings (SSSR count). The third-order valence-electron chi connectivity index (χ3n) is 4.36. The molecule has 0 radical (unpaired) electrons. The van der Waals surface area contributed by atoms with Crippen LogP contribution in [0.2, 0.25) is 5.28 Å². The number of rotatable bonds is 6. The average molecular weight is 441 g/mol. The van der Waals surface area contributed by atoms with E-state index in [4.69, 9.17) is 11.6 Å². The van der Waals surface area contributed by atoms with E-state index in [1.165, 1.54) is 6.92 Å². The zero-order chi connectivity index (χ0) is 22.1. The molecule has 8 nitrogen and oxygen atoms in total. The number of hydrogen-bond acceptors (Lipinski definition) is 6. The van der Waals surface area contributed by atoms with Crippen molar-refractivity contribution in [2.24, 2.45) is 0 Å². The Balaban J connectivity index is 1.87. The Hall–Kier alpha value is -3.21. The molecule has 0 spiro atoms. The molecule has 2 aromatic heterocycles. The highest BCUT2D eigenvalue weighted by Gasteiger charge is 2.36. The van der Waals surface area contributed by atoms with E-state index < -0.39 is 16.8 Å². The Morgan fingerprint density at radius 3 is 2.63 bits per heavy atom. The van der Waals surface area contributed by atoms with E-state index in [0.29, 0.717) is 12.0 Å². The third kappa shape index (κ3) is 4.51. The van der Waals surface area contributed by atoms with Crippen LogP contribution in [0.5, 0.6) is 0 Å². The maximum absolute atomic E-state index is 13.0. The van der Waals surface area contributed by atoms with Gasteiger partial charge in [0.05, 0.1) is 4.92 Å². The smallest absolute Gasteiger partial charge is 0.360 e. The van der Waals surface area contributed by atoms with E-state index in [2.05, 4.69) is 25.3 Å². The normalized spacial score (nSPS) is 11.5. The van der Waals surface area contributed by atoms with Crippen molar-refractivity contribution in [3.05, 3.63) is 62.3 Å². The number of halogens is 4. The Labute approximate surface area is 173 Å². The second kappa shape index (κ2) is 8.27. The average Bonchev–Trinajstić information content (AvgIpc) is 3.07. The molecule has 1 aromatic carbocycles. The number of hydrogen-bond donors (Lipinski definition) is 2. The Morgan fingerprint density at radius 2 is 2.03 bits per heavy atom. The second-order valence-corrected chi connectivity index (χ2v) is 6.72. The molecule has 0 amide bonds. The second-order valence-electron chi connectivity index (χ2n) is 6.39. The predicted octanol–water partition coefficient (Wildman–Crippen LogP) is 4.93. The molecule has 0 unspecified atom stereocenters. The van der Waals surface area contributed by atoms with Crippen LogP contribution in [0.1, 0.15) is 29.4 Å². The molecular weight excluding hydrogens is 425 g/mol. The molecule has 2 heterocycles. The number of H-pyrrole nitrogens is 1. The van der Waals surface area contributed by atoms with Crippen molar-refractivity contribution in [3.63, 3.8) is 0 Å². The largest absolute Gasteiger partial charge is 0.435 e. The summed E-state index contributed by atoms with van der Waals surface area (Å²) in [7, 11) is 0. The van der Waals surface area contributed by atoms with E-state index >= 15 is 0 Å². The van der Waals surface area contributed by atoms with Crippen molar-refractivity contribution < 1.29 is 18.1 Å². The van der Waals surface area contributed by atoms with Gasteiger partial charge in [0.1, 0.15) is 12.0 Å². The Bertz CT molecular complexity index is 1100. The fourth-order valence-electron chi connectivity index (χ4n) is 2.95. The van der Waals surface area contributed by atoms with Gasteiger partial charge in [0, 0.05) is 17.8 Å². The number of nitrogens with one attached hydrogen (secondary N) is 2. The van der Waals surface area contributed by atoms with E-state index in [0.717, 1.165) is 17.3 Å². The van der Waals surface area contributed by atoms with Crippen LogP contribution >= 0.6 is 11.6 Å². The lowest BCUT2D eigenvalue weighted by Gasteiger charge is -2.10.